The van der Waals surface area contributed by atoms with E-state index in [0.29, 0.717) is 5.75 Å². The van der Waals surface area contributed by atoms with Gasteiger partial charge in [0.2, 0.25) is 0 Å². The van der Waals surface area contributed by atoms with Gasteiger partial charge in [0.15, 0.2) is 11.5 Å². The Bertz CT molecular complexity index is 499. The Labute approximate surface area is 119 Å². The Morgan fingerprint density at radius 2 is 2.25 bits per heavy atom. The quantitative estimate of drug-likeness (QED) is 0.829. The molecular formula is C15H21NO4. The number of para-hydroxylation sites is 1. The molecule has 1 atom stereocenters. The lowest BCUT2D eigenvalue weighted by Gasteiger charge is -2.19. The molecule has 1 aliphatic rings. The van der Waals surface area contributed by atoms with Crippen LogP contribution in [0.3, 0.4) is 0 Å². The number of ether oxygens (including phenoxy) is 3. The molecule has 0 fully saturated rings. The third-order valence-corrected chi connectivity index (χ3v) is 3.29. The van der Waals surface area contributed by atoms with E-state index in [1.54, 1.807) is 7.05 Å². The molecule has 1 heterocycles. The van der Waals surface area contributed by atoms with Crippen LogP contribution in [0, 0.1) is 0 Å². The second kappa shape index (κ2) is 5.71. The summed E-state index contributed by atoms with van der Waals surface area (Å²) in [4.78, 5) is 11.5. The van der Waals surface area contributed by atoms with Gasteiger partial charge in [0.05, 0.1) is 7.11 Å². The molecule has 0 saturated heterocycles. The first kappa shape index (κ1) is 14.7. The lowest BCUT2D eigenvalue weighted by molar-refractivity contribution is -0.143. The van der Waals surface area contributed by atoms with Gasteiger partial charge in [0.1, 0.15) is 18.2 Å². The van der Waals surface area contributed by atoms with Crippen molar-refractivity contribution >= 4 is 5.97 Å². The SMILES string of the molecule is CNC(COc1cccc2c1OC(C)(C)C2)C(=O)OC. The second-order valence-electron chi connectivity index (χ2n) is 5.46. The highest BCUT2D eigenvalue weighted by Gasteiger charge is 2.32. The van der Waals surface area contributed by atoms with E-state index in [9.17, 15) is 4.79 Å². The molecule has 1 unspecified atom stereocenters. The Morgan fingerprint density at radius 1 is 1.50 bits per heavy atom. The summed E-state index contributed by atoms with van der Waals surface area (Å²) in [5.41, 5.74) is 0.915. The van der Waals surface area contributed by atoms with Gasteiger partial charge in [-0.3, -0.25) is 4.79 Å². The number of esters is 1. The first-order valence-electron chi connectivity index (χ1n) is 6.65. The van der Waals surface area contributed by atoms with E-state index in [1.807, 2.05) is 32.0 Å². The summed E-state index contributed by atoms with van der Waals surface area (Å²) in [6.45, 7) is 4.28. The molecule has 5 nitrogen and oxygen atoms in total. The van der Waals surface area contributed by atoms with Gasteiger partial charge in [-0.05, 0) is 27.0 Å². The highest BCUT2D eigenvalue weighted by Crippen LogP contribution is 2.41. The molecular weight excluding hydrogens is 258 g/mol. The zero-order valence-electron chi connectivity index (χ0n) is 12.4. The number of carbonyl (C=O) groups is 1. The summed E-state index contributed by atoms with van der Waals surface area (Å²) in [6.07, 6.45) is 0.853. The fourth-order valence-corrected chi connectivity index (χ4v) is 2.29. The first-order chi connectivity index (χ1) is 9.46. The minimum Gasteiger partial charge on any atom is -0.487 e. The molecule has 1 aliphatic heterocycles. The molecule has 1 aromatic carbocycles. The number of likely N-dealkylation sites (N-methyl/N-ethyl adjacent to an activating group) is 1. The monoisotopic (exact) mass is 279 g/mol. The lowest BCUT2D eigenvalue weighted by Crippen LogP contribution is -2.40. The van der Waals surface area contributed by atoms with Crippen molar-refractivity contribution in [3.05, 3.63) is 23.8 Å². The highest BCUT2D eigenvalue weighted by molar-refractivity contribution is 5.75. The van der Waals surface area contributed by atoms with Crippen molar-refractivity contribution in [1.82, 2.24) is 5.32 Å². The smallest absolute Gasteiger partial charge is 0.326 e. The van der Waals surface area contributed by atoms with Gasteiger partial charge in [-0.15, -0.1) is 0 Å². The van der Waals surface area contributed by atoms with E-state index in [0.717, 1.165) is 17.7 Å². The number of hydrogen-bond donors (Lipinski definition) is 1. The highest BCUT2D eigenvalue weighted by atomic mass is 16.5. The normalized spacial score (nSPS) is 17.0. The van der Waals surface area contributed by atoms with Gasteiger partial charge in [-0.1, -0.05) is 12.1 Å². The maximum Gasteiger partial charge on any atom is 0.326 e. The lowest BCUT2D eigenvalue weighted by atomic mass is 10.0. The average molecular weight is 279 g/mol. The Hall–Kier alpha value is -1.75. The number of hydrogen-bond acceptors (Lipinski definition) is 5. The minimum atomic E-state index is -0.495. The molecule has 20 heavy (non-hydrogen) atoms. The largest absolute Gasteiger partial charge is 0.487 e. The van der Waals surface area contributed by atoms with Crippen LogP contribution in [0.15, 0.2) is 18.2 Å². The van der Waals surface area contributed by atoms with Gasteiger partial charge in [-0.25, -0.2) is 0 Å². The van der Waals surface area contributed by atoms with Gasteiger partial charge in [0, 0.05) is 12.0 Å². The molecule has 0 spiro atoms. The third-order valence-electron chi connectivity index (χ3n) is 3.29. The van der Waals surface area contributed by atoms with Crippen LogP contribution in [0.5, 0.6) is 11.5 Å². The van der Waals surface area contributed by atoms with Crippen molar-refractivity contribution in [2.24, 2.45) is 0 Å². The van der Waals surface area contributed by atoms with Gasteiger partial charge < -0.3 is 19.5 Å². The van der Waals surface area contributed by atoms with E-state index in [4.69, 9.17) is 14.2 Å². The summed E-state index contributed by atoms with van der Waals surface area (Å²) < 4.78 is 16.4. The molecule has 0 amide bonds. The zero-order chi connectivity index (χ0) is 14.8. The van der Waals surface area contributed by atoms with Crippen molar-refractivity contribution in [2.75, 3.05) is 20.8 Å². The zero-order valence-corrected chi connectivity index (χ0v) is 12.4. The van der Waals surface area contributed by atoms with Crippen LogP contribution in [0.1, 0.15) is 19.4 Å². The standard InChI is InChI=1S/C15H21NO4/c1-15(2)8-10-6-5-7-12(13(10)20-15)19-9-11(16-3)14(17)18-4/h5-7,11,16H,8-9H2,1-4H3. The van der Waals surface area contributed by atoms with E-state index in [-0.39, 0.29) is 18.2 Å². The summed E-state index contributed by atoms with van der Waals surface area (Å²) in [6, 6.07) is 5.33. The van der Waals surface area contributed by atoms with Gasteiger partial charge in [0.25, 0.3) is 0 Å². The van der Waals surface area contributed by atoms with Crippen molar-refractivity contribution < 1.29 is 19.0 Å². The van der Waals surface area contributed by atoms with Crippen molar-refractivity contribution in [3.8, 4) is 11.5 Å². The Balaban J connectivity index is 2.09. The Morgan fingerprint density at radius 3 is 2.90 bits per heavy atom. The molecule has 0 aromatic heterocycles. The number of rotatable bonds is 5. The van der Waals surface area contributed by atoms with Gasteiger partial charge >= 0.3 is 5.97 Å². The van der Waals surface area contributed by atoms with Crippen LogP contribution < -0.4 is 14.8 Å². The molecule has 110 valence electrons. The van der Waals surface area contributed by atoms with Crippen molar-refractivity contribution in [1.29, 1.82) is 0 Å². The summed E-state index contributed by atoms with van der Waals surface area (Å²) in [7, 11) is 3.05. The molecule has 1 N–H and O–H groups in total. The third kappa shape index (κ3) is 3.04. The van der Waals surface area contributed by atoms with E-state index >= 15 is 0 Å². The summed E-state index contributed by atoms with van der Waals surface area (Å²) >= 11 is 0. The average Bonchev–Trinajstić information content (AvgIpc) is 2.73. The maximum atomic E-state index is 11.5. The van der Waals surface area contributed by atoms with Crippen LogP contribution >= 0.6 is 0 Å². The van der Waals surface area contributed by atoms with E-state index < -0.39 is 6.04 Å². The number of benzene rings is 1. The van der Waals surface area contributed by atoms with Crippen molar-refractivity contribution in [3.63, 3.8) is 0 Å². The Kier molecular flexibility index (Phi) is 4.18. The number of nitrogens with one attached hydrogen (secondary N) is 1. The molecule has 1 aromatic rings. The molecule has 0 radical (unpaired) electrons. The fraction of sp³-hybridized carbons (Fsp3) is 0.533. The minimum absolute atomic E-state index is 0.198. The van der Waals surface area contributed by atoms with E-state index in [1.165, 1.54) is 7.11 Å². The molecule has 0 saturated carbocycles. The number of methoxy groups -OCH3 is 1. The van der Waals surface area contributed by atoms with Crippen LogP contribution in [-0.4, -0.2) is 38.4 Å². The molecule has 5 heteroatoms. The number of carbonyl (C=O) groups excluding carboxylic acids is 1. The van der Waals surface area contributed by atoms with Crippen LogP contribution in [0.4, 0.5) is 0 Å². The van der Waals surface area contributed by atoms with E-state index in [2.05, 4.69) is 5.32 Å². The van der Waals surface area contributed by atoms with Crippen LogP contribution in [0.2, 0.25) is 0 Å². The molecule has 2 rings (SSSR count). The number of fused-ring (bicyclic) bond motifs is 1. The molecule has 0 bridgehead atoms. The first-order valence-corrected chi connectivity index (χ1v) is 6.65. The molecule has 0 aliphatic carbocycles. The maximum absolute atomic E-state index is 11.5. The topological polar surface area (TPSA) is 56.8 Å². The van der Waals surface area contributed by atoms with Crippen molar-refractivity contribution in [2.45, 2.75) is 31.9 Å². The summed E-state index contributed by atoms with van der Waals surface area (Å²) in [5.74, 6) is 1.09. The second-order valence-corrected chi connectivity index (χ2v) is 5.46. The van der Waals surface area contributed by atoms with Crippen LogP contribution in [-0.2, 0) is 16.0 Å². The predicted molar refractivity (Wildman–Crippen MR) is 75.2 cm³/mol. The summed E-state index contributed by atoms with van der Waals surface area (Å²) in [5, 5.41) is 2.87. The fourth-order valence-electron chi connectivity index (χ4n) is 2.29. The van der Waals surface area contributed by atoms with Gasteiger partial charge in [-0.2, -0.15) is 0 Å². The van der Waals surface area contributed by atoms with Crippen LogP contribution in [0.25, 0.3) is 0 Å². The predicted octanol–water partition coefficient (Wildman–Crippen LogP) is 1.54.